The number of ether oxygens (including phenoxy) is 2. The number of halogens is 1. The molecule has 284 valence electrons. The van der Waals surface area contributed by atoms with E-state index in [1.54, 1.807) is 38.1 Å². The summed E-state index contributed by atoms with van der Waals surface area (Å²) in [6.45, 7) is 6.26. The average molecular weight is 831 g/mol. The lowest BCUT2D eigenvalue weighted by atomic mass is 10.1. The molecule has 4 aliphatic rings. The van der Waals surface area contributed by atoms with Gasteiger partial charge in [-0.15, -0.1) is 11.3 Å². The van der Waals surface area contributed by atoms with Crippen LogP contribution in [-0.4, -0.2) is 101 Å². The van der Waals surface area contributed by atoms with Gasteiger partial charge in [-0.1, -0.05) is 26.0 Å². The van der Waals surface area contributed by atoms with Crippen molar-refractivity contribution in [1.82, 2.24) is 34.8 Å². The van der Waals surface area contributed by atoms with E-state index in [4.69, 9.17) is 24.4 Å². The van der Waals surface area contributed by atoms with Gasteiger partial charge in [0.05, 0.1) is 38.8 Å². The minimum absolute atomic E-state index is 0.0109. The number of fused-ring (bicyclic) bond motifs is 3. The molecule has 2 aliphatic heterocycles. The largest absolute Gasteiger partial charge is 0.495 e. The number of nitrogens with zero attached hydrogens (tertiary/aromatic N) is 5. The van der Waals surface area contributed by atoms with E-state index in [2.05, 4.69) is 39.8 Å². The van der Waals surface area contributed by atoms with Gasteiger partial charge in [-0.25, -0.2) is 23.2 Å². The Bertz CT molecular complexity index is 2100. The molecule has 17 heteroatoms. The topological polar surface area (TPSA) is 173 Å². The second-order valence-electron chi connectivity index (χ2n) is 15.0. The molecular formula is C36H44BrN7O7S2. The highest BCUT2D eigenvalue weighted by atomic mass is 79.9. The quantitative estimate of drug-likeness (QED) is 0.290. The number of urea groups is 1. The van der Waals surface area contributed by atoms with Crippen molar-refractivity contribution in [1.29, 1.82) is 0 Å². The van der Waals surface area contributed by atoms with Crippen LogP contribution in [0.2, 0.25) is 0 Å². The summed E-state index contributed by atoms with van der Waals surface area (Å²) in [6, 6.07) is 2.03. The van der Waals surface area contributed by atoms with E-state index in [1.807, 2.05) is 17.5 Å². The summed E-state index contributed by atoms with van der Waals surface area (Å²) in [6.07, 6.45) is 6.80. The van der Waals surface area contributed by atoms with Crippen LogP contribution < -0.4 is 19.5 Å². The molecule has 2 aliphatic carbocycles. The van der Waals surface area contributed by atoms with Crippen molar-refractivity contribution in [3.8, 4) is 23.1 Å². The molecule has 3 fully saturated rings. The first kappa shape index (κ1) is 37.5. The summed E-state index contributed by atoms with van der Waals surface area (Å²) in [5, 5.41) is 6.31. The van der Waals surface area contributed by atoms with Gasteiger partial charge in [0, 0.05) is 37.2 Å². The first-order chi connectivity index (χ1) is 25.2. The van der Waals surface area contributed by atoms with Gasteiger partial charge in [-0.3, -0.25) is 14.3 Å². The zero-order chi connectivity index (χ0) is 37.9. The number of hydrogen-bond acceptors (Lipinski definition) is 11. The Morgan fingerprint density at radius 2 is 1.94 bits per heavy atom. The number of thiazole rings is 1. The smallest absolute Gasteiger partial charge is 0.319 e. The van der Waals surface area contributed by atoms with Crippen LogP contribution in [0.4, 0.5) is 4.79 Å². The summed E-state index contributed by atoms with van der Waals surface area (Å²) >= 11 is 5.16. The maximum atomic E-state index is 14.2. The molecule has 0 radical (unpaired) electrons. The van der Waals surface area contributed by atoms with E-state index in [-0.39, 0.29) is 37.1 Å². The van der Waals surface area contributed by atoms with Crippen LogP contribution in [0.25, 0.3) is 22.4 Å². The Hall–Kier alpha value is -3.83. The molecule has 2 N–H and O–H groups in total. The molecule has 1 aromatic carbocycles. The molecule has 4 amide bonds. The van der Waals surface area contributed by atoms with Crippen LogP contribution in [0.5, 0.6) is 11.6 Å². The minimum atomic E-state index is -3.95. The predicted octanol–water partition coefficient (Wildman–Crippen LogP) is 5.13. The fourth-order valence-electron chi connectivity index (χ4n) is 6.89. The normalized spacial score (nSPS) is 26.4. The number of carbonyl (C=O) groups excluding carboxylic acids is 3. The number of benzene rings is 1. The van der Waals surface area contributed by atoms with Crippen LogP contribution in [0.3, 0.4) is 0 Å². The lowest BCUT2D eigenvalue weighted by molar-refractivity contribution is -0.134. The summed E-state index contributed by atoms with van der Waals surface area (Å²) in [5.74, 6) is -0.0174. The standard InChI is InChI=1S/C36H44BrN7O7S2/c1-20(2)31-38-24(19-52-31)29-39-28-23(11-12-26(50-5)27(28)37)30(40-29)51-22-16-25-32(45)43(4)15-9-7-6-8-10-21-17-36(21,41-34(47)44(25)18-22)33(46)42-53(48,49)35(3)13-14-35/h8,10-12,19-22,25H,6-7,9,13-18H2,1-5H3,(H,41,47)(H,42,46)/b10-8-/t21-,22+,25+,36-/m1/s1. The zero-order valence-corrected chi connectivity index (χ0v) is 33.6. The average Bonchev–Trinajstić information content (AvgIpc) is 3.89. The molecule has 2 saturated carbocycles. The van der Waals surface area contributed by atoms with Crippen molar-refractivity contribution in [2.24, 2.45) is 5.92 Å². The number of methoxy groups -OCH3 is 1. The van der Waals surface area contributed by atoms with Crippen LogP contribution >= 0.6 is 27.3 Å². The van der Waals surface area contributed by atoms with Crippen LogP contribution in [0.15, 0.2) is 34.1 Å². The van der Waals surface area contributed by atoms with Gasteiger partial charge >= 0.3 is 6.03 Å². The summed E-state index contributed by atoms with van der Waals surface area (Å²) in [5.41, 5.74) is -0.335. The summed E-state index contributed by atoms with van der Waals surface area (Å²) < 4.78 is 40.2. The summed E-state index contributed by atoms with van der Waals surface area (Å²) in [7, 11) is -0.663. The highest BCUT2D eigenvalue weighted by molar-refractivity contribution is 9.10. The number of amides is 4. The van der Waals surface area contributed by atoms with Gasteiger partial charge in [0.2, 0.25) is 21.8 Å². The number of likely N-dealkylation sites (N-methyl/N-ethyl adjacent to an activating group) is 1. The molecule has 4 heterocycles. The van der Waals surface area contributed by atoms with Crippen molar-refractivity contribution >= 4 is 66.0 Å². The molecule has 3 aromatic rings. The Kier molecular flexibility index (Phi) is 9.98. The number of hydrogen-bond donors (Lipinski definition) is 2. The summed E-state index contributed by atoms with van der Waals surface area (Å²) in [4.78, 5) is 59.4. The maximum Gasteiger partial charge on any atom is 0.319 e. The lowest BCUT2D eigenvalue weighted by Crippen LogP contribution is -2.58. The van der Waals surface area contributed by atoms with E-state index in [1.165, 1.54) is 16.2 Å². The third-order valence-electron chi connectivity index (χ3n) is 10.7. The first-order valence-corrected chi connectivity index (χ1v) is 21.1. The predicted molar refractivity (Wildman–Crippen MR) is 203 cm³/mol. The number of rotatable bonds is 8. The Morgan fingerprint density at radius 3 is 2.64 bits per heavy atom. The number of nitrogens with one attached hydrogen (secondary N) is 2. The van der Waals surface area contributed by atoms with Gasteiger partial charge in [0.15, 0.2) is 5.82 Å². The molecule has 1 saturated heterocycles. The van der Waals surface area contributed by atoms with Gasteiger partial charge in [-0.05, 0) is 73.5 Å². The first-order valence-electron chi connectivity index (χ1n) is 17.9. The molecule has 0 spiro atoms. The number of aromatic nitrogens is 3. The van der Waals surface area contributed by atoms with Crippen molar-refractivity contribution in [3.63, 3.8) is 0 Å². The van der Waals surface area contributed by atoms with E-state index in [0.717, 1.165) is 24.3 Å². The maximum absolute atomic E-state index is 14.2. The molecule has 0 unspecified atom stereocenters. The Labute approximate surface area is 321 Å². The third-order valence-corrected chi connectivity index (χ3v) is 14.8. The highest BCUT2D eigenvalue weighted by Crippen LogP contribution is 2.48. The molecule has 7 rings (SSSR count). The molecule has 4 atom stereocenters. The van der Waals surface area contributed by atoms with Gasteiger partial charge in [-0.2, -0.15) is 4.98 Å². The fourth-order valence-corrected chi connectivity index (χ4v) is 9.62. The molecular weight excluding hydrogens is 786 g/mol. The van der Waals surface area contributed by atoms with Crippen molar-refractivity contribution < 1.29 is 32.3 Å². The second kappa shape index (κ2) is 14.1. The minimum Gasteiger partial charge on any atom is -0.495 e. The molecule has 14 nitrogen and oxygen atoms in total. The Balaban J connectivity index is 1.21. The van der Waals surface area contributed by atoms with E-state index >= 15 is 0 Å². The third kappa shape index (κ3) is 7.11. The highest BCUT2D eigenvalue weighted by Gasteiger charge is 2.63. The van der Waals surface area contributed by atoms with E-state index in [9.17, 15) is 22.8 Å². The van der Waals surface area contributed by atoms with Crippen molar-refractivity contribution in [2.45, 2.75) is 94.1 Å². The van der Waals surface area contributed by atoms with E-state index < -0.39 is 50.3 Å². The van der Waals surface area contributed by atoms with E-state index in [0.29, 0.717) is 52.0 Å². The number of sulfonamides is 1. The van der Waals surface area contributed by atoms with Crippen LogP contribution in [0.1, 0.15) is 76.6 Å². The lowest BCUT2D eigenvalue weighted by Gasteiger charge is -2.30. The monoisotopic (exact) mass is 829 g/mol. The second-order valence-corrected chi connectivity index (χ2v) is 18.9. The van der Waals surface area contributed by atoms with Gasteiger partial charge < -0.3 is 24.6 Å². The SMILES string of the molecule is COc1ccc2c(O[C@H]3C[C@H]4C(=O)N(C)CCCC/C=C\[C@@H]5C[C@@]5(C(=O)NS(=O)(=O)C5(C)CC5)NC(=O)N4C3)nc(-c3csc(C(C)C)n3)nc2c1Br. The van der Waals surface area contributed by atoms with Gasteiger partial charge in [0.1, 0.15) is 29.1 Å². The van der Waals surface area contributed by atoms with Crippen LogP contribution in [-0.2, 0) is 19.6 Å². The molecule has 2 aromatic heterocycles. The molecule has 53 heavy (non-hydrogen) atoms. The number of carbonyl (C=O) groups is 3. The van der Waals surface area contributed by atoms with Crippen molar-refractivity contribution in [3.05, 3.63) is 39.1 Å². The van der Waals surface area contributed by atoms with Gasteiger partial charge in [0.25, 0.3) is 5.91 Å². The number of allylic oxidation sites excluding steroid dienone is 1. The molecule has 0 bridgehead atoms. The fraction of sp³-hybridized carbons (Fsp3) is 0.556. The zero-order valence-electron chi connectivity index (χ0n) is 30.3. The Morgan fingerprint density at radius 1 is 1.17 bits per heavy atom. The van der Waals surface area contributed by atoms with Crippen molar-refractivity contribution in [2.75, 3.05) is 27.2 Å². The van der Waals surface area contributed by atoms with Crippen LogP contribution in [0, 0.1) is 5.92 Å².